The molecule has 0 fully saturated rings. The Morgan fingerprint density at radius 3 is 2.67 bits per heavy atom. The molecule has 1 heterocycles. The number of nitrogens with one attached hydrogen (secondary N) is 1. The van der Waals surface area contributed by atoms with Gasteiger partial charge in [-0.25, -0.2) is 14.2 Å². The predicted molar refractivity (Wildman–Crippen MR) is 54.7 cm³/mol. The number of nitrogens with zero attached hydrogens (tertiary/aromatic N) is 1. The van der Waals surface area contributed by atoms with E-state index >= 15 is 0 Å². The Kier molecular flexibility index (Phi) is 2.21. The standard InChI is InChI=1S/C10H8FN3O/c11-8-4-2-1-3-6(8)7-5-13-10(15)14-9(7)12/h1-5H,(H3,12,13,14,15). The molecular weight excluding hydrogens is 197 g/mol. The Hall–Kier alpha value is -2.17. The molecular formula is C10H8FN3O. The van der Waals surface area contributed by atoms with E-state index in [9.17, 15) is 9.18 Å². The van der Waals surface area contributed by atoms with Crippen LogP contribution < -0.4 is 11.4 Å². The van der Waals surface area contributed by atoms with Gasteiger partial charge in [0.15, 0.2) is 0 Å². The van der Waals surface area contributed by atoms with Crippen LogP contribution in [0, 0.1) is 5.82 Å². The van der Waals surface area contributed by atoms with Crippen molar-refractivity contribution in [1.29, 1.82) is 0 Å². The number of nitrogens with two attached hydrogens (primary N) is 1. The first-order chi connectivity index (χ1) is 7.18. The molecule has 15 heavy (non-hydrogen) atoms. The Bertz CT molecular complexity index is 550. The van der Waals surface area contributed by atoms with E-state index in [0.29, 0.717) is 11.1 Å². The highest BCUT2D eigenvalue weighted by atomic mass is 19.1. The molecule has 0 aliphatic heterocycles. The summed E-state index contributed by atoms with van der Waals surface area (Å²) >= 11 is 0. The first kappa shape index (κ1) is 9.39. The van der Waals surface area contributed by atoms with Gasteiger partial charge in [-0.1, -0.05) is 18.2 Å². The van der Waals surface area contributed by atoms with Gasteiger partial charge in [0, 0.05) is 17.3 Å². The summed E-state index contributed by atoms with van der Waals surface area (Å²) in [5.41, 5.74) is 5.71. The van der Waals surface area contributed by atoms with Crippen LogP contribution in [0.3, 0.4) is 0 Å². The molecule has 0 saturated heterocycles. The van der Waals surface area contributed by atoms with Gasteiger partial charge in [-0.2, -0.15) is 0 Å². The largest absolute Gasteiger partial charge is 0.385 e. The maximum Gasteiger partial charge on any atom is 0.346 e. The number of hydrogen-bond donors (Lipinski definition) is 2. The second-order valence-corrected chi connectivity index (χ2v) is 3.00. The zero-order valence-electron chi connectivity index (χ0n) is 7.70. The fourth-order valence-corrected chi connectivity index (χ4v) is 1.30. The lowest BCUT2D eigenvalue weighted by molar-refractivity contribution is 0.631. The molecule has 76 valence electrons. The fourth-order valence-electron chi connectivity index (χ4n) is 1.30. The van der Waals surface area contributed by atoms with Crippen LogP contribution in [0.25, 0.3) is 11.1 Å². The minimum atomic E-state index is -0.549. The summed E-state index contributed by atoms with van der Waals surface area (Å²) < 4.78 is 13.4. The molecule has 1 aromatic carbocycles. The number of aromatic amines is 1. The van der Waals surface area contributed by atoms with Crippen molar-refractivity contribution in [2.24, 2.45) is 0 Å². The molecule has 0 amide bonds. The molecule has 2 rings (SSSR count). The summed E-state index contributed by atoms with van der Waals surface area (Å²) in [5.74, 6) is -0.293. The van der Waals surface area contributed by atoms with Crippen molar-refractivity contribution in [3.8, 4) is 11.1 Å². The second kappa shape index (κ2) is 3.53. The molecule has 4 nitrogen and oxygen atoms in total. The predicted octanol–water partition coefficient (Wildman–Crippen LogP) is 1.16. The first-order valence-corrected chi connectivity index (χ1v) is 4.28. The topological polar surface area (TPSA) is 71.8 Å². The van der Waals surface area contributed by atoms with Crippen LogP contribution in [0.2, 0.25) is 0 Å². The highest BCUT2D eigenvalue weighted by molar-refractivity contribution is 5.72. The Labute approximate surface area is 84.6 Å². The molecule has 0 radical (unpaired) electrons. The first-order valence-electron chi connectivity index (χ1n) is 4.28. The fraction of sp³-hybridized carbons (Fsp3) is 0. The molecule has 0 spiro atoms. The number of nitrogen functional groups attached to an aromatic ring is 1. The van der Waals surface area contributed by atoms with Crippen molar-refractivity contribution in [1.82, 2.24) is 9.97 Å². The van der Waals surface area contributed by atoms with Gasteiger partial charge in [0.2, 0.25) is 0 Å². The van der Waals surface area contributed by atoms with E-state index < -0.39 is 11.5 Å². The molecule has 0 aliphatic carbocycles. The van der Waals surface area contributed by atoms with Crippen LogP contribution in [-0.2, 0) is 0 Å². The number of halogens is 1. The molecule has 3 N–H and O–H groups in total. The highest BCUT2D eigenvalue weighted by Gasteiger charge is 2.08. The lowest BCUT2D eigenvalue weighted by Crippen LogP contribution is -2.12. The summed E-state index contributed by atoms with van der Waals surface area (Å²) in [6, 6.07) is 6.15. The number of aromatic nitrogens is 2. The zero-order chi connectivity index (χ0) is 10.8. The third-order valence-corrected chi connectivity index (χ3v) is 2.01. The van der Waals surface area contributed by atoms with Gasteiger partial charge in [-0.3, -0.25) is 4.98 Å². The van der Waals surface area contributed by atoms with Crippen molar-refractivity contribution in [3.63, 3.8) is 0 Å². The maximum absolute atomic E-state index is 13.4. The third kappa shape index (κ3) is 1.71. The number of rotatable bonds is 1. The van der Waals surface area contributed by atoms with E-state index in [-0.39, 0.29) is 5.82 Å². The van der Waals surface area contributed by atoms with Crippen LogP contribution in [-0.4, -0.2) is 9.97 Å². The molecule has 5 heteroatoms. The molecule has 0 aliphatic rings. The maximum atomic E-state index is 13.4. The second-order valence-electron chi connectivity index (χ2n) is 3.00. The van der Waals surface area contributed by atoms with E-state index in [1.807, 2.05) is 0 Å². The normalized spacial score (nSPS) is 10.2. The number of hydrogen-bond acceptors (Lipinski definition) is 3. The van der Waals surface area contributed by atoms with Crippen LogP contribution in [0.1, 0.15) is 0 Å². The van der Waals surface area contributed by atoms with Gasteiger partial charge < -0.3 is 5.73 Å². The van der Waals surface area contributed by atoms with E-state index in [1.165, 1.54) is 12.3 Å². The summed E-state index contributed by atoms with van der Waals surface area (Å²) in [6.07, 6.45) is 1.26. The van der Waals surface area contributed by atoms with Gasteiger partial charge >= 0.3 is 5.69 Å². The smallest absolute Gasteiger partial charge is 0.346 e. The van der Waals surface area contributed by atoms with Crippen LogP contribution in [0.15, 0.2) is 35.3 Å². The molecule has 2 aromatic rings. The Morgan fingerprint density at radius 1 is 1.27 bits per heavy atom. The van der Waals surface area contributed by atoms with Gasteiger partial charge in [0.05, 0.1) is 0 Å². The van der Waals surface area contributed by atoms with E-state index in [2.05, 4.69) is 9.97 Å². The molecule has 0 atom stereocenters. The molecule has 0 unspecified atom stereocenters. The summed E-state index contributed by atoms with van der Waals surface area (Å²) in [4.78, 5) is 16.6. The SMILES string of the molecule is Nc1[nH]c(=O)ncc1-c1ccccc1F. The zero-order valence-corrected chi connectivity index (χ0v) is 7.70. The number of benzene rings is 1. The minimum absolute atomic E-state index is 0.111. The molecule has 0 bridgehead atoms. The summed E-state index contributed by atoms with van der Waals surface area (Å²) in [5, 5.41) is 0. The van der Waals surface area contributed by atoms with Crippen LogP contribution in [0.5, 0.6) is 0 Å². The summed E-state index contributed by atoms with van der Waals surface area (Å²) in [6.45, 7) is 0. The van der Waals surface area contributed by atoms with Gasteiger partial charge in [-0.15, -0.1) is 0 Å². The van der Waals surface area contributed by atoms with E-state index in [0.717, 1.165) is 0 Å². The monoisotopic (exact) mass is 205 g/mol. The Balaban J connectivity index is 2.65. The van der Waals surface area contributed by atoms with Crippen molar-refractivity contribution in [3.05, 3.63) is 46.8 Å². The molecule has 0 saturated carbocycles. The quantitative estimate of drug-likeness (QED) is 0.733. The van der Waals surface area contributed by atoms with E-state index in [4.69, 9.17) is 5.73 Å². The average Bonchev–Trinajstić information content (AvgIpc) is 2.20. The highest BCUT2D eigenvalue weighted by Crippen LogP contribution is 2.24. The van der Waals surface area contributed by atoms with Crippen molar-refractivity contribution >= 4 is 5.82 Å². The van der Waals surface area contributed by atoms with Crippen molar-refractivity contribution in [2.45, 2.75) is 0 Å². The summed E-state index contributed by atoms with van der Waals surface area (Å²) in [7, 11) is 0. The van der Waals surface area contributed by atoms with Crippen LogP contribution >= 0.6 is 0 Å². The van der Waals surface area contributed by atoms with Crippen LogP contribution in [0.4, 0.5) is 10.2 Å². The average molecular weight is 205 g/mol. The van der Waals surface area contributed by atoms with Gasteiger partial charge in [0.25, 0.3) is 0 Å². The number of anilines is 1. The third-order valence-electron chi connectivity index (χ3n) is 2.01. The molecule has 1 aromatic heterocycles. The lowest BCUT2D eigenvalue weighted by Gasteiger charge is -2.04. The minimum Gasteiger partial charge on any atom is -0.385 e. The van der Waals surface area contributed by atoms with Gasteiger partial charge in [-0.05, 0) is 6.07 Å². The Morgan fingerprint density at radius 2 is 2.00 bits per heavy atom. The lowest BCUT2D eigenvalue weighted by atomic mass is 10.1. The van der Waals surface area contributed by atoms with Crippen molar-refractivity contribution in [2.75, 3.05) is 5.73 Å². The van der Waals surface area contributed by atoms with Crippen molar-refractivity contribution < 1.29 is 4.39 Å². The number of H-pyrrole nitrogens is 1. The van der Waals surface area contributed by atoms with E-state index in [1.54, 1.807) is 18.2 Å². The van der Waals surface area contributed by atoms with Gasteiger partial charge in [0.1, 0.15) is 11.6 Å².